The summed E-state index contributed by atoms with van der Waals surface area (Å²) < 4.78 is 0. The molecule has 3 aliphatic rings. The van der Waals surface area contributed by atoms with Crippen LogP contribution in [0.1, 0.15) is 37.3 Å². The first-order valence-corrected chi connectivity index (χ1v) is 9.06. The molecule has 2 saturated carbocycles. The molecule has 6 nitrogen and oxygen atoms in total. The van der Waals surface area contributed by atoms with Crippen molar-refractivity contribution in [3.8, 4) is 0 Å². The fourth-order valence-corrected chi connectivity index (χ4v) is 3.03. The molecule has 1 saturated heterocycles. The van der Waals surface area contributed by atoms with Gasteiger partial charge in [-0.2, -0.15) is 4.98 Å². The van der Waals surface area contributed by atoms with Crippen LogP contribution in [0.5, 0.6) is 0 Å². The van der Waals surface area contributed by atoms with E-state index in [0.717, 1.165) is 24.9 Å². The minimum Gasteiger partial charge on any atom is -0.369 e. The van der Waals surface area contributed by atoms with Crippen LogP contribution in [0.4, 0.5) is 11.8 Å². The van der Waals surface area contributed by atoms with E-state index in [1.165, 1.54) is 57.6 Å². The fraction of sp³-hybridized carbons (Fsp3) is 0.765. The van der Waals surface area contributed by atoms with E-state index in [-0.39, 0.29) is 0 Å². The minimum absolute atomic E-state index is 0.600. The van der Waals surface area contributed by atoms with Gasteiger partial charge in [0.15, 0.2) is 0 Å². The molecule has 0 amide bonds. The van der Waals surface area contributed by atoms with Crippen molar-refractivity contribution < 1.29 is 0 Å². The monoisotopic (exact) mass is 316 g/mol. The topological polar surface area (TPSA) is 56.3 Å². The third-order valence-corrected chi connectivity index (χ3v) is 4.98. The Labute approximate surface area is 138 Å². The molecular formula is C17H28N6. The number of rotatable bonds is 7. The molecule has 0 atom stereocenters. The minimum atomic E-state index is 0.600. The lowest BCUT2D eigenvalue weighted by Crippen LogP contribution is -2.45. The van der Waals surface area contributed by atoms with Gasteiger partial charge in [-0.3, -0.25) is 4.90 Å². The van der Waals surface area contributed by atoms with Crippen molar-refractivity contribution >= 4 is 11.8 Å². The van der Waals surface area contributed by atoms with Crippen LogP contribution in [0.15, 0.2) is 6.07 Å². The highest BCUT2D eigenvalue weighted by Crippen LogP contribution is 2.40. The summed E-state index contributed by atoms with van der Waals surface area (Å²) in [6.45, 7) is 6.73. The second-order valence-corrected chi connectivity index (χ2v) is 7.27. The normalized spacial score (nSPS) is 23.0. The number of hydrogen-bond acceptors (Lipinski definition) is 6. The molecule has 2 N–H and O–H groups in total. The van der Waals surface area contributed by atoms with Gasteiger partial charge < -0.3 is 15.5 Å². The molecule has 0 radical (unpaired) electrons. The van der Waals surface area contributed by atoms with E-state index < -0.39 is 0 Å². The summed E-state index contributed by atoms with van der Waals surface area (Å²) in [6.07, 6.45) is 5.06. The Kier molecular flexibility index (Phi) is 4.35. The Morgan fingerprint density at radius 1 is 1.09 bits per heavy atom. The van der Waals surface area contributed by atoms with E-state index in [1.54, 1.807) is 0 Å². The van der Waals surface area contributed by atoms with Crippen LogP contribution in [-0.4, -0.2) is 72.1 Å². The van der Waals surface area contributed by atoms with Gasteiger partial charge in [-0.1, -0.05) is 0 Å². The molecule has 6 heteroatoms. The average Bonchev–Trinajstić information content (AvgIpc) is 3.43. The van der Waals surface area contributed by atoms with Crippen molar-refractivity contribution in [3.63, 3.8) is 0 Å². The lowest BCUT2D eigenvalue weighted by molar-refractivity contribution is 0.158. The molecule has 126 valence electrons. The Balaban J connectivity index is 1.32. The molecule has 0 aromatic carbocycles. The highest BCUT2D eigenvalue weighted by molar-refractivity contribution is 5.44. The number of hydrogen-bond donors (Lipinski definition) is 2. The van der Waals surface area contributed by atoms with Crippen LogP contribution in [0.2, 0.25) is 0 Å². The van der Waals surface area contributed by atoms with Gasteiger partial charge in [-0.05, 0) is 32.7 Å². The maximum Gasteiger partial charge on any atom is 0.225 e. The third kappa shape index (κ3) is 4.32. The smallest absolute Gasteiger partial charge is 0.225 e. The van der Waals surface area contributed by atoms with Gasteiger partial charge in [0.25, 0.3) is 0 Å². The molecule has 23 heavy (non-hydrogen) atoms. The van der Waals surface area contributed by atoms with Gasteiger partial charge in [0.1, 0.15) is 5.82 Å². The van der Waals surface area contributed by atoms with Gasteiger partial charge >= 0.3 is 0 Å². The van der Waals surface area contributed by atoms with E-state index in [1.807, 2.05) is 0 Å². The van der Waals surface area contributed by atoms with Crippen LogP contribution < -0.4 is 10.6 Å². The highest BCUT2D eigenvalue weighted by Gasteiger charge is 2.27. The Morgan fingerprint density at radius 3 is 2.57 bits per heavy atom. The lowest BCUT2D eigenvalue weighted by Gasteiger charge is -2.32. The van der Waals surface area contributed by atoms with Crippen LogP contribution >= 0.6 is 0 Å². The summed E-state index contributed by atoms with van der Waals surface area (Å²) in [5.74, 6) is 2.47. The van der Waals surface area contributed by atoms with Gasteiger partial charge in [0.2, 0.25) is 5.95 Å². The van der Waals surface area contributed by atoms with E-state index in [4.69, 9.17) is 4.98 Å². The quantitative estimate of drug-likeness (QED) is 0.797. The molecule has 3 fully saturated rings. The zero-order chi connectivity index (χ0) is 15.6. The molecule has 0 unspecified atom stereocenters. The van der Waals surface area contributed by atoms with Gasteiger partial charge in [-0.25, -0.2) is 4.98 Å². The summed E-state index contributed by atoms with van der Waals surface area (Å²) in [5.41, 5.74) is 1.21. The van der Waals surface area contributed by atoms with Crippen molar-refractivity contribution in [1.82, 2.24) is 19.8 Å². The van der Waals surface area contributed by atoms with Crippen molar-refractivity contribution in [2.45, 2.75) is 37.6 Å². The van der Waals surface area contributed by atoms with Crippen LogP contribution in [0, 0.1) is 0 Å². The summed E-state index contributed by atoms with van der Waals surface area (Å²) in [7, 11) is 2.20. The maximum absolute atomic E-state index is 4.70. The molecule has 2 heterocycles. The third-order valence-electron chi connectivity index (χ3n) is 4.98. The van der Waals surface area contributed by atoms with Crippen LogP contribution in [0.3, 0.4) is 0 Å². The molecule has 1 aromatic heterocycles. The van der Waals surface area contributed by atoms with E-state index in [0.29, 0.717) is 12.0 Å². The number of nitrogens with zero attached hydrogens (tertiary/aromatic N) is 4. The average molecular weight is 316 g/mol. The summed E-state index contributed by atoms with van der Waals surface area (Å²) in [5, 5.41) is 6.96. The van der Waals surface area contributed by atoms with E-state index >= 15 is 0 Å². The second kappa shape index (κ2) is 6.61. The van der Waals surface area contributed by atoms with Crippen molar-refractivity contribution in [3.05, 3.63) is 11.8 Å². The molecule has 1 aliphatic heterocycles. The number of piperazine rings is 1. The van der Waals surface area contributed by atoms with Gasteiger partial charge in [0, 0.05) is 57.3 Å². The fourth-order valence-electron chi connectivity index (χ4n) is 3.03. The number of likely N-dealkylation sites (N-methyl/N-ethyl adjacent to an activating group) is 1. The number of anilines is 2. The van der Waals surface area contributed by atoms with E-state index in [2.05, 4.69) is 38.5 Å². The van der Waals surface area contributed by atoms with Gasteiger partial charge in [0.05, 0.1) is 5.69 Å². The molecule has 0 spiro atoms. The Morgan fingerprint density at radius 2 is 1.87 bits per heavy atom. The first-order valence-electron chi connectivity index (χ1n) is 9.06. The number of nitrogens with one attached hydrogen (secondary N) is 2. The molecule has 4 rings (SSSR count). The summed E-state index contributed by atoms with van der Waals surface area (Å²) in [6, 6.07) is 2.75. The van der Waals surface area contributed by atoms with Crippen molar-refractivity contribution in [2.75, 3.05) is 56.9 Å². The van der Waals surface area contributed by atoms with Crippen molar-refractivity contribution in [2.24, 2.45) is 0 Å². The zero-order valence-electron chi connectivity index (χ0n) is 14.1. The molecule has 1 aromatic rings. The van der Waals surface area contributed by atoms with Crippen LogP contribution in [-0.2, 0) is 0 Å². The number of aromatic nitrogens is 2. The zero-order valence-corrected chi connectivity index (χ0v) is 14.1. The lowest BCUT2D eigenvalue weighted by atomic mass is 10.3. The Bertz CT molecular complexity index is 532. The van der Waals surface area contributed by atoms with E-state index in [9.17, 15) is 0 Å². The van der Waals surface area contributed by atoms with Crippen molar-refractivity contribution in [1.29, 1.82) is 0 Å². The largest absolute Gasteiger partial charge is 0.369 e. The predicted octanol–water partition coefficient (Wildman–Crippen LogP) is 1.59. The first-order chi connectivity index (χ1) is 11.3. The summed E-state index contributed by atoms with van der Waals surface area (Å²) >= 11 is 0. The maximum atomic E-state index is 4.70. The Hall–Kier alpha value is -1.40. The predicted molar refractivity (Wildman–Crippen MR) is 93.1 cm³/mol. The molecule has 0 bridgehead atoms. The molecular weight excluding hydrogens is 288 g/mol. The standard InChI is InChI=1S/C17H28N6/c1-22-8-10-23(11-9-22)7-6-18-16-12-15(13-2-3-13)20-17(21-16)19-14-4-5-14/h12-14H,2-11H2,1H3,(H2,18,19,20,21). The summed E-state index contributed by atoms with van der Waals surface area (Å²) in [4.78, 5) is 14.3. The molecule has 2 aliphatic carbocycles. The second-order valence-electron chi connectivity index (χ2n) is 7.27. The SMILES string of the molecule is CN1CCN(CCNc2cc(C3CC3)nc(NC3CC3)n2)CC1. The highest BCUT2D eigenvalue weighted by atomic mass is 15.3. The van der Waals surface area contributed by atoms with Crippen LogP contribution in [0.25, 0.3) is 0 Å². The van der Waals surface area contributed by atoms with Gasteiger partial charge in [-0.15, -0.1) is 0 Å². The first kappa shape index (κ1) is 15.1.